The second kappa shape index (κ2) is 7.66. The van der Waals surface area contributed by atoms with Gasteiger partial charge in [0.25, 0.3) is 0 Å². The Bertz CT molecular complexity index is 1180. The van der Waals surface area contributed by atoms with E-state index in [0.29, 0.717) is 17.2 Å². The molecular weight excluding hydrogens is 420 g/mol. The smallest absolute Gasteiger partial charge is 0.162 e. The summed E-state index contributed by atoms with van der Waals surface area (Å²) in [5.74, 6) is 1.06. The number of anilines is 1. The first-order valence-corrected chi connectivity index (χ1v) is 9.23. The van der Waals surface area contributed by atoms with E-state index in [-0.39, 0.29) is 11.5 Å². The monoisotopic (exact) mass is 434 g/mol. The number of aromatic hydroxyl groups is 2. The molecule has 3 aromatic carbocycles. The summed E-state index contributed by atoms with van der Waals surface area (Å²) in [5, 5.41) is 24.3. The lowest BCUT2D eigenvalue weighted by molar-refractivity contribution is 0.450. The molecule has 0 spiro atoms. The summed E-state index contributed by atoms with van der Waals surface area (Å²) in [6, 6.07) is 19.7. The zero-order valence-electron chi connectivity index (χ0n) is 14.5. The van der Waals surface area contributed by atoms with Gasteiger partial charge in [-0.25, -0.2) is 9.97 Å². The van der Waals surface area contributed by atoms with E-state index in [1.807, 2.05) is 48.5 Å². The maximum atomic E-state index is 9.87. The SMILES string of the molecule is Oc1ccc(/C=N\Nc2nc(-c3ccc(Br)cc3)nc3ccccc23)c(O)c1. The number of benzene rings is 3. The van der Waals surface area contributed by atoms with Crippen molar-refractivity contribution in [3.05, 3.63) is 76.8 Å². The highest BCUT2D eigenvalue weighted by Gasteiger charge is 2.09. The molecule has 7 heteroatoms. The molecule has 3 N–H and O–H groups in total. The molecule has 0 aliphatic rings. The summed E-state index contributed by atoms with van der Waals surface area (Å²) in [6.45, 7) is 0. The Labute approximate surface area is 169 Å². The van der Waals surface area contributed by atoms with Gasteiger partial charge in [-0.05, 0) is 36.4 Å². The highest BCUT2D eigenvalue weighted by molar-refractivity contribution is 9.10. The van der Waals surface area contributed by atoms with Crippen molar-refractivity contribution in [2.24, 2.45) is 5.10 Å². The second-order valence-electron chi connectivity index (χ2n) is 6.03. The molecule has 0 unspecified atom stereocenters. The fourth-order valence-electron chi connectivity index (χ4n) is 2.69. The van der Waals surface area contributed by atoms with Gasteiger partial charge >= 0.3 is 0 Å². The van der Waals surface area contributed by atoms with Gasteiger partial charge in [0.05, 0.1) is 11.7 Å². The van der Waals surface area contributed by atoms with Crippen molar-refractivity contribution < 1.29 is 10.2 Å². The van der Waals surface area contributed by atoms with E-state index in [1.165, 1.54) is 18.3 Å². The average Bonchev–Trinajstić information content (AvgIpc) is 2.70. The van der Waals surface area contributed by atoms with Crippen LogP contribution in [0.15, 0.2) is 76.3 Å². The molecular formula is C21H15BrN4O2. The highest BCUT2D eigenvalue weighted by atomic mass is 79.9. The number of phenols is 2. The van der Waals surface area contributed by atoms with Crippen LogP contribution < -0.4 is 5.43 Å². The number of fused-ring (bicyclic) bond motifs is 1. The maximum Gasteiger partial charge on any atom is 0.162 e. The summed E-state index contributed by atoms with van der Waals surface area (Å²) in [4.78, 5) is 9.25. The Balaban J connectivity index is 1.71. The number of nitrogens with one attached hydrogen (secondary N) is 1. The first-order valence-electron chi connectivity index (χ1n) is 8.44. The third kappa shape index (κ3) is 3.79. The zero-order valence-corrected chi connectivity index (χ0v) is 16.1. The number of phenolic OH excluding ortho intramolecular Hbond substituents is 2. The van der Waals surface area contributed by atoms with Crippen molar-refractivity contribution in [3.8, 4) is 22.9 Å². The zero-order chi connectivity index (χ0) is 19.5. The van der Waals surface area contributed by atoms with Crippen molar-refractivity contribution in [3.63, 3.8) is 0 Å². The van der Waals surface area contributed by atoms with Gasteiger partial charge in [-0.2, -0.15) is 5.10 Å². The lowest BCUT2D eigenvalue weighted by Gasteiger charge is -2.08. The Morgan fingerprint density at radius 3 is 2.50 bits per heavy atom. The molecule has 4 aromatic rings. The van der Waals surface area contributed by atoms with Crippen molar-refractivity contribution in [1.29, 1.82) is 0 Å². The summed E-state index contributed by atoms with van der Waals surface area (Å²) in [5.41, 5.74) is 5.08. The van der Waals surface area contributed by atoms with Gasteiger partial charge in [0.2, 0.25) is 0 Å². The Hall–Kier alpha value is -3.45. The van der Waals surface area contributed by atoms with Gasteiger partial charge in [-0.3, -0.25) is 5.43 Å². The molecule has 1 aromatic heterocycles. The molecule has 0 saturated carbocycles. The van der Waals surface area contributed by atoms with Gasteiger partial charge in [-0.1, -0.05) is 40.2 Å². The standard InChI is InChI=1S/C21H15BrN4O2/c22-15-8-5-13(6-9-15)20-24-18-4-2-1-3-17(18)21(25-20)26-23-12-14-7-10-16(27)11-19(14)28/h1-12,27-28H,(H,24,25,26)/b23-12-. The molecule has 138 valence electrons. The van der Waals surface area contributed by atoms with Crippen LogP contribution in [0.5, 0.6) is 11.5 Å². The summed E-state index contributed by atoms with van der Waals surface area (Å²) >= 11 is 3.43. The van der Waals surface area contributed by atoms with Crippen LogP contribution in [0.3, 0.4) is 0 Å². The largest absolute Gasteiger partial charge is 0.508 e. The molecule has 0 atom stereocenters. The van der Waals surface area contributed by atoms with E-state index in [4.69, 9.17) is 0 Å². The number of rotatable bonds is 4. The number of aromatic nitrogens is 2. The third-order valence-electron chi connectivity index (χ3n) is 4.09. The molecule has 0 aliphatic heterocycles. The molecule has 4 rings (SSSR count). The van der Waals surface area contributed by atoms with Crippen LogP contribution in [0.25, 0.3) is 22.3 Å². The van der Waals surface area contributed by atoms with Crippen LogP contribution >= 0.6 is 15.9 Å². The van der Waals surface area contributed by atoms with Crippen LogP contribution in [-0.4, -0.2) is 26.4 Å². The van der Waals surface area contributed by atoms with Crippen molar-refractivity contribution in [2.75, 3.05) is 5.43 Å². The van der Waals surface area contributed by atoms with Crippen LogP contribution in [0.1, 0.15) is 5.56 Å². The van der Waals surface area contributed by atoms with Crippen LogP contribution in [0.4, 0.5) is 5.82 Å². The molecule has 1 heterocycles. The molecule has 0 aliphatic carbocycles. The normalized spacial score (nSPS) is 11.2. The number of hydrogen-bond donors (Lipinski definition) is 3. The van der Waals surface area contributed by atoms with Crippen molar-refractivity contribution in [2.45, 2.75) is 0 Å². The molecule has 0 bridgehead atoms. The van der Waals surface area contributed by atoms with Crippen molar-refractivity contribution in [1.82, 2.24) is 9.97 Å². The minimum absolute atomic E-state index is 0.0106. The molecule has 0 fully saturated rings. The second-order valence-corrected chi connectivity index (χ2v) is 6.95. The average molecular weight is 435 g/mol. The predicted molar refractivity (Wildman–Crippen MR) is 114 cm³/mol. The first-order chi connectivity index (χ1) is 13.6. The van der Waals surface area contributed by atoms with Gasteiger partial charge < -0.3 is 10.2 Å². The molecule has 0 amide bonds. The van der Waals surface area contributed by atoms with E-state index >= 15 is 0 Å². The summed E-state index contributed by atoms with van der Waals surface area (Å²) in [7, 11) is 0. The number of para-hydroxylation sites is 1. The van der Waals surface area contributed by atoms with Crippen LogP contribution in [-0.2, 0) is 0 Å². The van der Waals surface area contributed by atoms with Gasteiger partial charge in [0, 0.05) is 27.1 Å². The summed E-state index contributed by atoms with van der Waals surface area (Å²) in [6.07, 6.45) is 1.46. The molecule has 28 heavy (non-hydrogen) atoms. The minimum Gasteiger partial charge on any atom is -0.508 e. The Morgan fingerprint density at radius 2 is 1.71 bits per heavy atom. The van der Waals surface area contributed by atoms with Crippen molar-refractivity contribution >= 4 is 38.9 Å². The molecule has 0 saturated heterocycles. The Kier molecular flexibility index (Phi) is 4.90. The summed E-state index contributed by atoms with van der Waals surface area (Å²) < 4.78 is 0.980. The number of hydrogen-bond acceptors (Lipinski definition) is 6. The van der Waals surface area contributed by atoms with E-state index in [2.05, 4.69) is 36.4 Å². The molecule has 0 radical (unpaired) electrons. The highest BCUT2D eigenvalue weighted by Crippen LogP contribution is 2.26. The topological polar surface area (TPSA) is 90.6 Å². The minimum atomic E-state index is -0.0614. The van der Waals surface area contributed by atoms with E-state index in [0.717, 1.165) is 20.9 Å². The Morgan fingerprint density at radius 1 is 0.929 bits per heavy atom. The van der Waals surface area contributed by atoms with Gasteiger partial charge in [-0.15, -0.1) is 0 Å². The lowest BCUT2D eigenvalue weighted by atomic mass is 10.2. The fourth-order valence-corrected chi connectivity index (χ4v) is 2.96. The quantitative estimate of drug-likeness (QED) is 0.313. The van der Waals surface area contributed by atoms with Gasteiger partial charge in [0.1, 0.15) is 11.5 Å². The van der Waals surface area contributed by atoms with E-state index < -0.39 is 0 Å². The van der Waals surface area contributed by atoms with Crippen LogP contribution in [0, 0.1) is 0 Å². The third-order valence-corrected chi connectivity index (χ3v) is 4.62. The van der Waals surface area contributed by atoms with E-state index in [9.17, 15) is 10.2 Å². The first kappa shape index (κ1) is 17.9. The van der Waals surface area contributed by atoms with Gasteiger partial charge in [0.15, 0.2) is 11.6 Å². The van der Waals surface area contributed by atoms with Crippen LogP contribution in [0.2, 0.25) is 0 Å². The lowest BCUT2D eigenvalue weighted by Crippen LogP contribution is -1.99. The number of hydrazone groups is 1. The molecule has 6 nitrogen and oxygen atoms in total. The van der Waals surface area contributed by atoms with E-state index in [1.54, 1.807) is 6.07 Å². The number of halogens is 1. The fraction of sp³-hybridized carbons (Fsp3) is 0. The predicted octanol–water partition coefficient (Wildman–Crippen LogP) is 4.92. The maximum absolute atomic E-state index is 9.87. The number of nitrogens with zero attached hydrogens (tertiary/aromatic N) is 3.